The molecule has 0 bridgehead atoms. The smallest absolute Gasteiger partial charge is 0.322 e. The Morgan fingerprint density at radius 1 is 1.26 bits per heavy atom. The fraction of sp³-hybridized carbons (Fsp3) is 0.750. The Balaban J connectivity index is 2.79. The molecule has 1 rings (SSSR count). The number of rotatable bonds is 8. The van der Waals surface area contributed by atoms with E-state index in [1.54, 1.807) is 0 Å². The fourth-order valence-electron chi connectivity index (χ4n) is 1.17. The highest BCUT2D eigenvalue weighted by molar-refractivity contribution is 7.99. The molecule has 108 valence electrons. The molecule has 0 radical (unpaired) electrons. The molecule has 0 saturated heterocycles. The second kappa shape index (κ2) is 8.16. The van der Waals surface area contributed by atoms with Crippen molar-refractivity contribution < 1.29 is 9.84 Å². The van der Waals surface area contributed by atoms with Gasteiger partial charge in [0.1, 0.15) is 0 Å². The van der Waals surface area contributed by atoms with Crippen LogP contribution < -0.4 is 10.1 Å². The van der Waals surface area contributed by atoms with Crippen molar-refractivity contribution in [2.24, 2.45) is 5.92 Å². The summed E-state index contributed by atoms with van der Waals surface area (Å²) >= 11 is 1.49. The number of anilines is 1. The first-order valence-corrected chi connectivity index (χ1v) is 7.44. The standard InChI is InChI=1S/C12H22N4O2S/c1-5-13-10-14-11(18-8(2)3)16-12(15-10)19-7-9(4)6-17/h8-9,17H,5-7H2,1-4H3,(H,13,14,15,16). The van der Waals surface area contributed by atoms with Crippen molar-refractivity contribution >= 4 is 17.7 Å². The fourth-order valence-corrected chi connectivity index (χ4v) is 2.01. The van der Waals surface area contributed by atoms with Crippen molar-refractivity contribution in [3.05, 3.63) is 0 Å². The molecular weight excluding hydrogens is 264 g/mol. The molecule has 0 spiro atoms. The van der Waals surface area contributed by atoms with E-state index in [-0.39, 0.29) is 18.6 Å². The molecule has 0 aliphatic carbocycles. The van der Waals surface area contributed by atoms with Crippen LogP contribution in [-0.4, -0.2) is 45.1 Å². The van der Waals surface area contributed by atoms with Crippen LogP contribution in [0.3, 0.4) is 0 Å². The second-order valence-electron chi connectivity index (χ2n) is 4.52. The Kier molecular flexibility index (Phi) is 6.86. The van der Waals surface area contributed by atoms with Gasteiger partial charge in [-0.05, 0) is 26.7 Å². The predicted octanol–water partition coefficient (Wildman–Crippen LogP) is 1.81. The zero-order valence-electron chi connectivity index (χ0n) is 11.9. The predicted molar refractivity (Wildman–Crippen MR) is 76.7 cm³/mol. The molecule has 1 heterocycles. The van der Waals surface area contributed by atoms with Gasteiger partial charge in [0.2, 0.25) is 5.95 Å². The number of hydrogen-bond donors (Lipinski definition) is 2. The third kappa shape index (κ3) is 6.07. The lowest BCUT2D eigenvalue weighted by Gasteiger charge is -2.11. The lowest BCUT2D eigenvalue weighted by atomic mass is 10.2. The average Bonchev–Trinajstić information content (AvgIpc) is 2.35. The molecule has 7 heteroatoms. The average molecular weight is 286 g/mol. The number of nitrogens with zero attached hydrogens (tertiary/aromatic N) is 3. The highest BCUT2D eigenvalue weighted by Crippen LogP contribution is 2.20. The minimum absolute atomic E-state index is 0.0195. The van der Waals surface area contributed by atoms with Crippen LogP contribution in [-0.2, 0) is 0 Å². The summed E-state index contributed by atoms with van der Waals surface area (Å²) in [5.41, 5.74) is 0. The lowest BCUT2D eigenvalue weighted by Crippen LogP contribution is -2.12. The summed E-state index contributed by atoms with van der Waals surface area (Å²) in [7, 11) is 0. The third-order valence-corrected chi connectivity index (χ3v) is 3.26. The zero-order chi connectivity index (χ0) is 14.3. The van der Waals surface area contributed by atoms with E-state index in [1.807, 2.05) is 27.7 Å². The van der Waals surface area contributed by atoms with Crippen molar-refractivity contribution in [1.29, 1.82) is 0 Å². The number of ether oxygens (including phenoxy) is 1. The van der Waals surface area contributed by atoms with E-state index in [9.17, 15) is 0 Å². The van der Waals surface area contributed by atoms with Gasteiger partial charge < -0.3 is 15.2 Å². The minimum Gasteiger partial charge on any atom is -0.461 e. The van der Waals surface area contributed by atoms with Gasteiger partial charge in [-0.2, -0.15) is 15.0 Å². The Hall–Kier alpha value is -1.08. The number of nitrogens with one attached hydrogen (secondary N) is 1. The molecule has 6 nitrogen and oxygen atoms in total. The number of aliphatic hydroxyl groups is 1. The number of aromatic nitrogens is 3. The van der Waals surface area contributed by atoms with Gasteiger partial charge in [0.25, 0.3) is 0 Å². The summed E-state index contributed by atoms with van der Waals surface area (Å²) in [6, 6.07) is 0.333. The van der Waals surface area contributed by atoms with Gasteiger partial charge >= 0.3 is 6.01 Å². The molecule has 0 aliphatic heterocycles. The summed E-state index contributed by atoms with van der Waals surface area (Å²) in [6.07, 6.45) is 0.0195. The second-order valence-corrected chi connectivity index (χ2v) is 5.51. The largest absolute Gasteiger partial charge is 0.461 e. The van der Waals surface area contributed by atoms with E-state index >= 15 is 0 Å². The molecule has 1 aromatic rings. The van der Waals surface area contributed by atoms with Crippen LogP contribution in [0, 0.1) is 5.92 Å². The van der Waals surface area contributed by atoms with Crippen molar-refractivity contribution in [3.8, 4) is 6.01 Å². The third-order valence-electron chi connectivity index (χ3n) is 2.08. The maximum absolute atomic E-state index is 9.02. The van der Waals surface area contributed by atoms with Gasteiger partial charge in [-0.1, -0.05) is 18.7 Å². The molecule has 19 heavy (non-hydrogen) atoms. The van der Waals surface area contributed by atoms with E-state index in [4.69, 9.17) is 9.84 Å². The van der Waals surface area contributed by atoms with E-state index in [1.165, 1.54) is 11.8 Å². The quantitative estimate of drug-likeness (QED) is 0.705. The molecule has 2 N–H and O–H groups in total. The number of hydrogen-bond acceptors (Lipinski definition) is 7. The first-order valence-electron chi connectivity index (χ1n) is 6.45. The molecule has 1 aromatic heterocycles. The Morgan fingerprint density at radius 3 is 2.58 bits per heavy atom. The summed E-state index contributed by atoms with van der Waals surface area (Å²) in [5.74, 6) is 1.49. The van der Waals surface area contributed by atoms with E-state index in [0.717, 1.165) is 12.3 Å². The molecular formula is C12H22N4O2S. The van der Waals surface area contributed by atoms with Crippen LogP contribution in [0.15, 0.2) is 5.16 Å². The van der Waals surface area contributed by atoms with Gasteiger partial charge in [-0.15, -0.1) is 0 Å². The SMILES string of the molecule is CCNc1nc(OC(C)C)nc(SCC(C)CO)n1. The minimum atomic E-state index is 0.0195. The van der Waals surface area contributed by atoms with Crippen LogP contribution in [0.25, 0.3) is 0 Å². The van der Waals surface area contributed by atoms with Crippen LogP contribution in [0.1, 0.15) is 27.7 Å². The summed E-state index contributed by atoms with van der Waals surface area (Å²) < 4.78 is 5.51. The molecule has 0 aromatic carbocycles. The van der Waals surface area contributed by atoms with E-state index in [2.05, 4.69) is 20.3 Å². The van der Waals surface area contributed by atoms with Gasteiger partial charge in [0.05, 0.1) is 6.10 Å². The van der Waals surface area contributed by atoms with Crippen molar-refractivity contribution in [2.75, 3.05) is 24.2 Å². The molecule has 0 saturated carbocycles. The first-order chi connectivity index (χ1) is 9.05. The van der Waals surface area contributed by atoms with Crippen molar-refractivity contribution in [1.82, 2.24) is 15.0 Å². The van der Waals surface area contributed by atoms with Crippen LogP contribution in [0.5, 0.6) is 6.01 Å². The van der Waals surface area contributed by atoms with Crippen LogP contribution in [0.4, 0.5) is 5.95 Å². The van der Waals surface area contributed by atoms with E-state index in [0.29, 0.717) is 17.1 Å². The molecule has 1 atom stereocenters. The van der Waals surface area contributed by atoms with Gasteiger partial charge in [0, 0.05) is 18.9 Å². The molecule has 1 unspecified atom stereocenters. The van der Waals surface area contributed by atoms with Crippen LogP contribution >= 0.6 is 11.8 Å². The Bertz CT molecular complexity index is 390. The topological polar surface area (TPSA) is 80.2 Å². The molecule has 0 fully saturated rings. The Morgan fingerprint density at radius 2 is 2.00 bits per heavy atom. The lowest BCUT2D eigenvalue weighted by molar-refractivity contribution is 0.219. The maximum Gasteiger partial charge on any atom is 0.322 e. The normalized spacial score (nSPS) is 12.5. The summed E-state index contributed by atoms with van der Waals surface area (Å²) in [4.78, 5) is 12.8. The zero-order valence-corrected chi connectivity index (χ0v) is 12.7. The van der Waals surface area contributed by atoms with Crippen LogP contribution in [0.2, 0.25) is 0 Å². The maximum atomic E-state index is 9.02. The molecule has 0 aliphatic rings. The summed E-state index contributed by atoms with van der Waals surface area (Å²) in [6.45, 7) is 8.71. The van der Waals surface area contributed by atoms with Crippen molar-refractivity contribution in [3.63, 3.8) is 0 Å². The Labute approximate surface area is 118 Å². The van der Waals surface area contributed by atoms with Crippen molar-refractivity contribution in [2.45, 2.75) is 39.0 Å². The highest BCUT2D eigenvalue weighted by atomic mass is 32.2. The van der Waals surface area contributed by atoms with Gasteiger partial charge in [-0.3, -0.25) is 0 Å². The van der Waals surface area contributed by atoms with Gasteiger partial charge in [0.15, 0.2) is 5.16 Å². The monoisotopic (exact) mass is 286 g/mol. The summed E-state index contributed by atoms with van der Waals surface area (Å²) in [5, 5.41) is 12.7. The molecule has 0 amide bonds. The number of thioether (sulfide) groups is 1. The van der Waals surface area contributed by atoms with Gasteiger partial charge in [-0.25, -0.2) is 0 Å². The highest BCUT2D eigenvalue weighted by Gasteiger charge is 2.10. The first kappa shape index (κ1) is 16.0. The number of aliphatic hydroxyl groups excluding tert-OH is 1. The van der Waals surface area contributed by atoms with E-state index < -0.39 is 0 Å².